The van der Waals surface area contributed by atoms with E-state index >= 15 is 0 Å². The lowest BCUT2D eigenvalue weighted by Gasteiger charge is -2.39. The van der Waals surface area contributed by atoms with Gasteiger partial charge in [-0.3, -0.25) is 24.6 Å². The van der Waals surface area contributed by atoms with Crippen LogP contribution in [0.25, 0.3) is 20.8 Å². The van der Waals surface area contributed by atoms with Gasteiger partial charge in [-0.15, -0.1) is 11.3 Å². The van der Waals surface area contributed by atoms with Gasteiger partial charge in [0.1, 0.15) is 11.5 Å². The van der Waals surface area contributed by atoms with Crippen molar-refractivity contribution in [3.8, 4) is 22.1 Å². The molecular formula is C33H37FN4O2S. The first-order valence-corrected chi connectivity index (χ1v) is 15.5. The largest absolute Gasteiger partial charge is 0.453 e. The van der Waals surface area contributed by atoms with Crippen molar-refractivity contribution in [2.45, 2.75) is 58.5 Å². The second-order valence-corrected chi connectivity index (χ2v) is 12.6. The summed E-state index contributed by atoms with van der Waals surface area (Å²) in [4.78, 5) is 27.6. The van der Waals surface area contributed by atoms with Gasteiger partial charge in [0.2, 0.25) is 0 Å². The SMILES string of the molecule is CCCN1CCN(Cc2ccc(-c3cc4nccc(Oc5ccc(CC(=O)CC6CC6)cc5F)c4s3)nc2)C[C@@H]1C. The zero-order valence-electron chi connectivity index (χ0n) is 23.8. The monoisotopic (exact) mass is 572 g/mol. The molecule has 0 spiro atoms. The number of carbonyl (C=O) groups excluding carboxylic acids is 1. The first-order chi connectivity index (χ1) is 19.9. The molecule has 4 heterocycles. The molecule has 1 aliphatic carbocycles. The molecule has 1 saturated heterocycles. The number of carbonyl (C=O) groups is 1. The molecule has 0 N–H and O–H groups in total. The van der Waals surface area contributed by atoms with Crippen LogP contribution in [-0.2, 0) is 17.8 Å². The van der Waals surface area contributed by atoms with E-state index in [1.807, 2.05) is 12.3 Å². The first kappa shape index (κ1) is 27.9. The molecule has 4 aromatic rings. The minimum atomic E-state index is -0.470. The minimum Gasteiger partial charge on any atom is -0.453 e. The number of pyridine rings is 2. The summed E-state index contributed by atoms with van der Waals surface area (Å²) in [6, 6.07) is 13.4. The highest BCUT2D eigenvalue weighted by atomic mass is 32.1. The van der Waals surface area contributed by atoms with Gasteiger partial charge in [-0.1, -0.05) is 19.1 Å². The van der Waals surface area contributed by atoms with Gasteiger partial charge in [-0.05, 0) is 74.0 Å². The Morgan fingerprint density at radius 1 is 1.07 bits per heavy atom. The van der Waals surface area contributed by atoms with Crippen LogP contribution in [-0.4, -0.2) is 57.8 Å². The van der Waals surface area contributed by atoms with Crippen LogP contribution in [0.5, 0.6) is 11.5 Å². The van der Waals surface area contributed by atoms with Crippen LogP contribution in [0.15, 0.2) is 54.9 Å². The Hall–Kier alpha value is -3.20. The van der Waals surface area contributed by atoms with Crippen molar-refractivity contribution in [2.75, 3.05) is 26.2 Å². The topological polar surface area (TPSA) is 58.6 Å². The van der Waals surface area contributed by atoms with Crippen molar-refractivity contribution < 1.29 is 13.9 Å². The van der Waals surface area contributed by atoms with Crippen molar-refractivity contribution in [1.29, 1.82) is 0 Å². The van der Waals surface area contributed by atoms with E-state index < -0.39 is 5.82 Å². The Morgan fingerprint density at radius 3 is 2.66 bits per heavy atom. The number of piperazine rings is 1. The van der Waals surface area contributed by atoms with Gasteiger partial charge in [0.05, 0.1) is 20.8 Å². The summed E-state index contributed by atoms with van der Waals surface area (Å²) in [6.07, 6.45) is 7.98. The number of halogens is 1. The average Bonchev–Trinajstić information content (AvgIpc) is 3.65. The van der Waals surface area contributed by atoms with Crippen molar-refractivity contribution in [2.24, 2.45) is 5.92 Å². The fourth-order valence-corrected chi connectivity index (χ4v) is 6.72. The van der Waals surface area contributed by atoms with E-state index in [4.69, 9.17) is 9.72 Å². The van der Waals surface area contributed by atoms with Crippen LogP contribution >= 0.6 is 11.3 Å². The third-order valence-electron chi connectivity index (χ3n) is 8.05. The average molecular weight is 573 g/mol. The maximum absolute atomic E-state index is 14.9. The molecule has 6 nitrogen and oxygen atoms in total. The Morgan fingerprint density at radius 2 is 1.93 bits per heavy atom. The number of hydrogen-bond donors (Lipinski definition) is 0. The highest BCUT2D eigenvalue weighted by Crippen LogP contribution is 2.39. The Labute approximate surface area is 245 Å². The normalized spacial score (nSPS) is 18.2. The minimum absolute atomic E-state index is 0.137. The number of ether oxygens (including phenoxy) is 1. The van der Waals surface area contributed by atoms with Crippen LogP contribution in [0, 0.1) is 11.7 Å². The summed E-state index contributed by atoms with van der Waals surface area (Å²) < 4.78 is 21.8. The van der Waals surface area contributed by atoms with E-state index in [1.165, 1.54) is 35.9 Å². The van der Waals surface area contributed by atoms with E-state index in [9.17, 15) is 9.18 Å². The van der Waals surface area contributed by atoms with E-state index in [1.54, 1.807) is 24.4 Å². The molecule has 1 aliphatic heterocycles. The number of thiophene rings is 1. The first-order valence-electron chi connectivity index (χ1n) is 14.7. The molecule has 0 radical (unpaired) electrons. The van der Waals surface area contributed by atoms with Gasteiger partial charge in [0, 0.05) is 63.5 Å². The number of nitrogens with zero attached hydrogens (tertiary/aromatic N) is 4. The zero-order valence-corrected chi connectivity index (χ0v) is 24.6. The van der Waals surface area contributed by atoms with Crippen LogP contribution in [0.2, 0.25) is 0 Å². The Bertz CT molecular complexity index is 1520. The number of ketones is 1. The molecule has 1 aromatic carbocycles. The summed E-state index contributed by atoms with van der Waals surface area (Å²) in [5, 5.41) is 0. The number of benzene rings is 1. The second kappa shape index (κ2) is 12.3. The summed E-state index contributed by atoms with van der Waals surface area (Å²) >= 11 is 1.54. The number of fused-ring (bicyclic) bond motifs is 1. The number of rotatable bonds is 11. The fourth-order valence-electron chi connectivity index (χ4n) is 5.68. The molecule has 2 aliphatic rings. The predicted octanol–water partition coefficient (Wildman–Crippen LogP) is 7.12. The Kier molecular flexibility index (Phi) is 8.42. The third-order valence-corrected chi connectivity index (χ3v) is 9.21. The molecule has 1 atom stereocenters. The molecule has 8 heteroatoms. The van der Waals surface area contributed by atoms with Crippen molar-refractivity contribution in [3.05, 3.63) is 71.8 Å². The lowest BCUT2D eigenvalue weighted by atomic mass is 10.0. The van der Waals surface area contributed by atoms with Gasteiger partial charge < -0.3 is 4.74 Å². The molecule has 0 unspecified atom stereocenters. The smallest absolute Gasteiger partial charge is 0.166 e. The van der Waals surface area contributed by atoms with Crippen molar-refractivity contribution in [1.82, 2.24) is 19.8 Å². The molecular weight excluding hydrogens is 535 g/mol. The van der Waals surface area contributed by atoms with Crippen molar-refractivity contribution in [3.63, 3.8) is 0 Å². The molecule has 3 aromatic heterocycles. The van der Waals surface area contributed by atoms with E-state index in [0.29, 0.717) is 29.7 Å². The number of aromatic nitrogens is 2. The maximum Gasteiger partial charge on any atom is 0.166 e. The van der Waals surface area contributed by atoms with Gasteiger partial charge in [-0.25, -0.2) is 4.39 Å². The molecule has 1 saturated carbocycles. The van der Waals surface area contributed by atoms with E-state index in [2.05, 4.69) is 40.8 Å². The van der Waals surface area contributed by atoms with Crippen LogP contribution in [0.1, 0.15) is 50.7 Å². The zero-order chi connectivity index (χ0) is 28.3. The highest BCUT2D eigenvalue weighted by Gasteiger charge is 2.25. The molecule has 41 heavy (non-hydrogen) atoms. The van der Waals surface area contributed by atoms with Gasteiger partial charge in [0.15, 0.2) is 11.6 Å². The summed E-state index contributed by atoms with van der Waals surface area (Å²) in [5.74, 6) is 0.924. The fraction of sp³-hybridized carbons (Fsp3) is 0.424. The molecule has 0 amide bonds. The van der Waals surface area contributed by atoms with Crippen LogP contribution in [0.4, 0.5) is 4.39 Å². The van der Waals surface area contributed by atoms with E-state index in [-0.39, 0.29) is 18.0 Å². The van der Waals surface area contributed by atoms with Gasteiger partial charge in [-0.2, -0.15) is 0 Å². The lowest BCUT2D eigenvalue weighted by Crippen LogP contribution is -2.51. The van der Waals surface area contributed by atoms with Crippen LogP contribution in [0.3, 0.4) is 0 Å². The van der Waals surface area contributed by atoms with Crippen molar-refractivity contribution >= 4 is 27.3 Å². The molecule has 2 fully saturated rings. The molecule has 0 bridgehead atoms. The lowest BCUT2D eigenvalue weighted by molar-refractivity contribution is -0.118. The number of Topliss-reactive ketones (excluding diaryl/α,β-unsaturated/α-hetero) is 1. The highest BCUT2D eigenvalue weighted by molar-refractivity contribution is 7.22. The van der Waals surface area contributed by atoms with Crippen LogP contribution < -0.4 is 4.74 Å². The summed E-state index contributed by atoms with van der Waals surface area (Å²) in [5.41, 5.74) is 3.56. The maximum atomic E-state index is 14.9. The Balaban J connectivity index is 1.12. The van der Waals surface area contributed by atoms with Gasteiger partial charge in [0.25, 0.3) is 0 Å². The third kappa shape index (κ3) is 6.83. The molecule has 6 rings (SSSR count). The van der Waals surface area contributed by atoms with E-state index in [0.717, 1.165) is 59.8 Å². The number of hydrogen-bond acceptors (Lipinski definition) is 7. The summed E-state index contributed by atoms with van der Waals surface area (Å²) in [7, 11) is 0. The molecule has 214 valence electrons. The summed E-state index contributed by atoms with van der Waals surface area (Å²) in [6.45, 7) is 9.92. The predicted molar refractivity (Wildman–Crippen MR) is 162 cm³/mol. The van der Waals surface area contributed by atoms with Gasteiger partial charge >= 0.3 is 0 Å². The standard InChI is InChI=1S/C33H37FN4O2S/c1-3-12-38-14-13-37(20-22(38)2)21-25-6-8-28(36-19-25)32-18-29-33(41-32)31(10-11-35-29)40-30-9-7-24(17-27(30)34)16-26(39)15-23-4-5-23/h6-11,17-19,22-23H,3-5,12-16,20-21H2,1-2H3/t22-/m0/s1. The quantitative estimate of drug-likeness (QED) is 0.191. The second-order valence-electron chi connectivity index (χ2n) is 11.5.